The number of hydrogen-bond acceptors (Lipinski definition) is 3. The zero-order valence-electron chi connectivity index (χ0n) is 11.9. The molecular formula is C13H26N2O3. The highest BCUT2D eigenvalue weighted by molar-refractivity contribution is 5.83. The smallest absolute Gasteiger partial charge is 0.308 e. The van der Waals surface area contributed by atoms with Crippen LogP contribution >= 0.6 is 0 Å². The maximum absolute atomic E-state index is 12.5. The van der Waals surface area contributed by atoms with E-state index in [2.05, 4.69) is 0 Å². The first kappa shape index (κ1) is 16.9. The molecule has 0 radical (unpaired) electrons. The van der Waals surface area contributed by atoms with Crippen LogP contribution in [0, 0.1) is 11.3 Å². The third kappa shape index (κ3) is 3.70. The lowest BCUT2D eigenvalue weighted by atomic mass is 9.80. The zero-order chi connectivity index (χ0) is 14.3. The molecule has 0 fully saturated rings. The maximum atomic E-state index is 12.5. The fraction of sp³-hybridized carbons (Fsp3) is 0.846. The van der Waals surface area contributed by atoms with Crippen LogP contribution in [0.1, 0.15) is 40.5 Å². The predicted octanol–water partition coefficient (Wildman–Crippen LogP) is 1.32. The van der Waals surface area contributed by atoms with E-state index in [0.717, 1.165) is 0 Å². The molecule has 106 valence electrons. The first-order valence-corrected chi connectivity index (χ1v) is 6.60. The molecule has 0 heterocycles. The monoisotopic (exact) mass is 258 g/mol. The highest BCUT2D eigenvalue weighted by atomic mass is 16.4. The van der Waals surface area contributed by atoms with Crippen LogP contribution in [-0.4, -0.2) is 41.5 Å². The highest BCUT2D eigenvalue weighted by Gasteiger charge is 2.37. The lowest BCUT2D eigenvalue weighted by Gasteiger charge is -2.35. The number of carboxylic acids is 1. The Balaban J connectivity index is 4.94. The molecule has 0 bridgehead atoms. The summed E-state index contributed by atoms with van der Waals surface area (Å²) >= 11 is 0. The van der Waals surface area contributed by atoms with Crippen molar-refractivity contribution >= 4 is 11.9 Å². The second kappa shape index (κ2) is 7.36. The number of nitrogens with two attached hydrogens (primary N) is 1. The Kier molecular flexibility index (Phi) is 6.91. The number of carboxylic acid groups (broad SMARTS) is 1. The summed E-state index contributed by atoms with van der Waals surface area (Å²) in [6.07, 6.45) is 1.35. The summed E-state index contributed by atoms with van der Waals surface area (Å²) in [5, 5.41) is 8.92. The summed E-state index contributed by atoms with van der Waals surface area (Å²) in [7, 11) is 0. The molecule has 0 rings (SSSR count). The van der Waals surface area contributed by atoms with Crippen molar-refractivity contribution in [2.45, 2.75) is 40.5 Å². The maximum Gasteiger partial charge on any atom is 0.308 e. The van der Waals surface area contributed by atoms with E-state index in [0.29, 0.717) is 25.9 Å². The molecule has 5 heteroatoms. The number of carbonyl (C=O) groups excluding carboxylic acids is 1. The van der Waals surface area contributed by atoms with Gasteiger partial charge in [-0.15, -0.1) is 0 Å². The van der Waals surface area contributed by atoms with Gasteiger partial charge in [0.15, 0.2) is 0 Å². The molecule has 0 spiro atoms. The van der Waals surface area contributed by atoms with E-state index in [-0.39, 0.29) is 12.5 Å². The summed E-state index contributed by atoms with van der Waals surface area (Å²) in [6.45, 7) is 8.42. The average Bonchev–Trinajstić information content (AvgIpc) is 2.37. The van der Waals surface area contributed by atoms with Crippen LogP contribution in [0.25, 0.3) is 0 Å². The summed E-state index contributed by atoms with van der Waals surface area (Å²) in [6, 6.07) is 0. The van der Waals surface area contributed by atoms with Gasteiger partial charge >= 0.3 is 5.97 Å². The first-order valence-electron chi connectivity index (χ1n) is 6.60. The van der Waals surface area contributed by atoms with Crippen LogP contribution in [0.15, 0.2) is 0 Å². The summed E-state index contributed by atoms with van der Waals surface area (Å²) in [5.74, 6) is -1.46. The van der Waals surface area contributed by atoms with Gasteiger partial charge in [-0.3, -0.25) is 9.59 Å². The Bertz CT molecular complexity index is 280. The Morgan fingerprint density at radius 1 is 1.28 bits per heavy atom. The molecule has 0 aliphatic carbocycles. The van der Waals surface area contributed by atoms with E-state index in [1.165, 1.54) is 0 Å². The van der Waals surface area contributed by atoms with Gasteiger partial charge in [0, 0.05) is 19.6 Å². The normalized spacial score (nSPS) is 13.2. The number of carbonyl (C=O) groups is 2. The predicted molar refractivity (Wildman–Crippen MR) is 71.1 cm³/mol. The topological polar surface area (TPSA) is 83.6 Å². The van der Waals surface area contributed by atoms with Crippen molar-refractivity contribution < 1.29 is 14.7 Å². The first-order chi connectivity index (χ1) is 8.38. The number of hydrogen-bond donors (Lipinski definition) is 2. The third-order valence-corrected chi connectivity index (χ3v) is 3.78. The van der Waals surface area contributed by atoms with Crippen molar-refractivity contribution in [1.29, 1.82) is 0 Å². The van der Waals surface area contributed by atoms with Gasteiger partial charge in [-0.05, 0) is 19.8 Å². The number of rotatable bonds is 8. The van der Waals surface area contributed by atoms with Gasteiger partial charge in [0.2, 0.25) is 5.91 Å². The van der Waals surface area contributed by atoms with Crippen molar-refractivity contribution in [2.24, 2.45) is 17.1 Å². The van der Waals surface area contributed by atoms with Crippen molar-refractivity contribution in [3.05, 3.63) is 0 Å². The number of amides is 1. The third-order valence-electron chi connectivity index (χ3n) is 3.78. The lowest BCUT2D eigenvalue weighted by Crippen LogP contribution is -2.49. The standard InChI is InChI=1S/C13H26N2O3/c1-5-13(6-2,9-14)12(18)15(7-3)8-10(4)11(16)17/h10H,5-9,14H2,1-4H3,(H,16,17). The molecule has 0 aromatic carbocycles. The molecular weight excluding hydrogens is 232 g/mol. The summed E-state index contributed by atoms with van der Waals surface area (Å²) < 4.78 is 0. The van der Waals surface area contributed by atoms with Gasteiger partial charge in [0.1, 0.15) is 0 Å². The molecule has 0 aliphatic heterocycles. The summed E-state index contributed by atoms with van der Waals surface area (Å²) in [5.41, 5.74) is 5.20. The molecule has 0 aromatic rings. The van der Waals surface area contributed by atoms with Crippen LogP contribution in [0.4, 0.5) is 0 Å². The Hall–Kier alpha value is -1.10. The van der Waals surface area contributed by atoms with Gasteiger partial charge in [0.05, 0.1) is 11.3 Å². The fourth-order valence-electron chi connectivity index (χ4n) is 2.03. The van der Waals surface area contributed by atoms with Gasteiger partial charge in [-0.25, -0.2) is 0 Å². The fourth-order valence-corrected chi connectivity index (χ4v) is 2.03. The average molecular weight is 258 g/mol. The van der Waals surface area contributed by atoms with Crippen molar-refractivity contribution in [1.82, 2.24) is 4.90 Å². The molecule has 1 amide bonds. The Morgan fingerprint density at radius 2 is 1.78 bits per heavy atom. The van der Waals surface area contributed by atoms with Crippen LogP contribution in [0.5, 0.6) is 0 Å². The van der Waals surface area contributed by atoms with Gasteiger partial charge in [-0.2, -0.15) is 0 Å². The number of nitrogens with zero attached hydrogens (tertiary/aromatic N) is 1. The molecule has 3 N–H and O–H groups in total. The van der Waals surface area contributed by atoms with Crippen LogP contribution in [-0.2, 0) is 9.59 Å². The molecule has 5 nitrogen and oxygen atoms in total. The lowest BCUT2D eigenvalue weighted by molar-refractivity contribution is -0.146. The van der Waals surface area contributed by atoms with Crippen molar-refractivity contribution in [3.8, 4) is 0 Å². The second-order valence-corrected chi connectivity index (χ2v) is 4.77. The van der Waals surface area contributed by atoms with Gasteiger partial charge < -0.3 is 15.7 Å². The van der Waals surface area contributed by atoms with E-state index >= 15 is 0 Å². The summed E-state index contributed by atoms with van der Waals surface area (Å²) in [4.78, 5) is 25.0. The molecule has 0 saturated heterocycles. The largest absolute Gasteiger partial charge is 0.481 e. The highest BCUT2D eigenvalue weighted by Crippen LogP contribution is 2.28. The molecule has 0 saturated carbocycles. The van der Waals surface area contributed by atoms with E-state index in [9.17, 15) is 9.59 Å². The van der Waals surface area contributed by atoms with E-state index in [1.54, 1.807) is 11.8 Å². The SMILES string of the molecule is CCN(CC(C)C(=O)O)C(=O)C(CC)(CC)CN. The van der Waals surface area contributed by atoms with Crippen LogP contribution in [0.2, 0.25) is 0 Å². The zero-order valence-corrected chi connectivity index (χ0v) is 11.9. The molecule has 18 heavy (non-hydrogen) atoms. The second-order valence-electron chi connectivity index (χ2n) is 4.77. The van der Waals surface area contributed by atoms with Gasteiger partial charge in [0.25, 0.3) is 0 Å². The molecule has 0 aliphatic rings. The molecule has 1 unspecified atom stereocenters. The molecule has 1 atom stereocenters. The minimum atomic E-state index is -0.882. The minimum Gasteiger partial charge on any atom is -0.481 e. The van der Waals surface area contributed by atoms with E-state index in [1.807, 2.05) is 20.8 Å². The van der Waals surface area contributed by atoms with E-state index in [4.69, 9.17) is 10.8 Å². The minimum absolute atomic E-state index is 0.0226. The molecule has 0 aromatic heterocycles. The number of aliphatic carboxylic acids is 1. The van der Waals surface area contributed by atoms with Crippen molar-refractivity contribution in [2.75, 3.05) is 19.6 Å². The van der Waals surface area contributed by atoms with E-state index < -0.39 is 17.3 Å². The van der Waals surface area contributed by atoms with Gasteiger partial charge in [-0.1, -0.05) is 20.8 Å². The Morgan fingerprint density at radius 3 is 2.06 bits per heavy atom. The van der Waals surface area contributed by atoms with Crippen LogP contribution in [0.3, 0.4) is 0 Å². The Labute approximate surface area is 109 Å². The quantitative estimate of drug-likeness (QED) is 0.687. The van der Waals surface area contributed by atoms with Crippen molar-refractivity contribution in [3.63, 3.8) is 0 Å². The van der Waals surface area contributed by atoms with Crippen LogP contribution < -0.4 is 5.73 Å².